The molecular formula is C22H18FNO6. The largest absolute Gasteiger partial charge is 0.458 e. The Morgan fingerprint density at radius 2 is 1.97 bits per heavy atom. The first kappa shape index (κ1) is 20.8. The van der Waals surface area contributed by atoms with Gasteiger partial charge < -0.3 is 13.9 Å². The molecule has 1 aromatic heterocycles. The number of carbonyl (C=O) groups excluding carboxylic acids is 2. The minimum atomic E-state index is -0.652. The van der Waals surface area contributed by atoms with E-state index in [0.29, 0.717) is 22.2 Å². The molecular weight excluding hydrogens is 393 g/mol. The number of esters is 1. The lowest BCUT2D eigenvalue weighted by Crippen LogP contribution is -2.13. The molecule has 30 heavy (non-hydrogen) atoms. The van der Waals surface area contributed by atoms with Crippen molar-refractivity contribution in [3.05, 3.63) is 82.0 Å². The topological polar surface area (TPSA) is 94.8 Å². The lowest BCUT2D eigenvalue weighted by atomic mass is 10.1. The summed E-state index contributed by atoms with van der Waals surface area (Å²) >= 11 is 0. The van der Waals surface area contributed by atoms with Gasteiger partial charge in [-0.15, -0.1) is 0 Å². The van der Waals surface area contributed by atoms with Gasteiger partial charge in [0.25, 0.3) is 0 Å². The Kier molecular flexibility index (Phi) is 6.59. The minimum absolute atomic E-state index is 0.168. The van der Waals surface area contributed by atoms with Gasteiger partial charge in [-0.05, 0) is 42.8 Å². The van der Waals surface area contributed by atoms with Gasteiger partial charge in [0.05, 0.1) is 6.61 Å². The average molecular weight is 411 g/mol. The lowest BCUT2D eigenvalue weighted by molar-refractivity contribution is -0.138. The van der Waals surface area contributed by atoms with E-state index in [1.807, 2.05) is 0 Å². The zero-order valence-corrected chi connectivity index (χ0v) is 16.0. The van der Waals surface area contributed by atoms with Crippen molar-refractivity contribution in [2.24, 2.45) is 0 Å². The molecule has 0 aliphatic heterocycles. The molecule has 0 spiro atoms. The maximum atomic E-state index is 13.2. The fraction of sp³-hybridized carbons (Fsp3) is 0.136. The SMILES string of the molecule is CCOC(=O)Nc1ccc2c(COC(=O)/C=C/c3cccc(F)c3)cc(=O)oc2c1. The number of anilines is 1. The molecule has 154 valence electrons. The van der Waals surface area contributed by atoms with Gasteiger partial charge in [-0.25, -0.2) is 18.8 Å². The molecule has 0 unspecified atom stereocenters. The standard InChI is InChI=1S/C22H18FNO6/c1-2-28-22(27)24-17-7-8-18-15(11-21(26)30-19(18)12-17)13-29-20(25)9-6-14-4-3-5-16(23)10-14/h3-12H,2,13H2,1H3,(H,24,27)/b9-6+. The van der Waals surface area contributed by atoms with Crippen molar-refractivity contribution in [1.82, 2.24) is 0 Å². The molecule has 0 aliphatic rings. The zero-order valence-electron chi connectivity index (χ0n) is 16.0. The number of nitrogens with one attached hydrogen (secondary N) is 1. The maximum absolute atomic E-state index is 13.2. The van der Waals surface area contributed by atoms with Gasteiger partial charge in [-0.3, -0.25) is 5.32 Å². The molecule has 3 rings (SSSR count). The first-order chi connectivity index (χ1) is 14.4. The molecule has 3 aromatic rings. The molecule has 0 bridgehead atoms. The van der Waals surface area contributed by atoms with Crippen molar-refractivity contribution in [2.45, 2.75) is 13.5 Å². The number of fused-ring (bicyclic) bond motifs is 1. The second kappa shape index (κ2) is 9.51. The Balaban J connectivity index is 1.73. The van der Waals surface area contributed by atoms with E-state index in [0.717, 1.165) is 0 Å². The van der Waals surface area contributed by atoms with Gasteiger partial charge >= 0.3 is 17.7 Å². The molecule has 1 amide bonds. The van der Waals surface area contributed by atoms with Crippen LogP contribution in [0.3, 0.4) is 0 Å². The number of benzene rings is 2. The smallest absolute Gasteiger partial charge is 0.411 e. The van der Waals surface area contributed by atoms with Gasteiger partial charge in [0.2, 0.25) is 0 Å². The highest BCUT2D eigenvalue weighted by Gasteiger charge is 2.10. The third-order valence-corrected chi connectivity index (χ3v) is 3.98. The predicted octanol–water partition coefficient (Wildman–Crippen LogP) is 4.26. The highest BCUT2D eigenvalue weighted by atomic mass is 19.1. The summed E-state index contributed by atoms with van der Waals surface area (Å²) in [4.78, 5) is 35.4. The quantitative estimate of drug-likeness (QED) is 0.370. The van der Waals surface area contributed by atoms with E-state index in [1.54, 1.807) is 25.1 Å². The van der Waals surface area contributed by atoms with Crippen LogP contribution in [0.5, 0.6) is 0 Å². The maximum Gasteiger partial charge on any atom is 0.411 e. The Morgan fingerprint density at radius 3 is 2.73 bits per heavy atom. The van der Waals surface area contributed by atoms with Crippen LogP contribution >= 0.6 is 0 Å². The fourth-order valence-corrected chi connectivity index (χ4v) is 2.68. The second-order valence-electron chi connectivity index (χ2n) is 6.14. The molecule has 0 aliphatic carbocycles. The van der Waals surface area contributed by atoms with Crippen molar-refractivity contribution in [2.75, 3.05) is 11.9 Å². The number of hydrogen-bond donors (Lipinski definition) is 1. The van der Waals surface area contributed by atoms with E-state index >= 15 is 0 Å². The monoisotopic (exact) mass is 411 g/mol. The third-order valence-electron chi connectivity index (χ3n) is 3.98. The normalized spacial score (nSPS) is 10.9. The molecule has 0 saturated heterocycles. The number of amides is 1. The Morgan fingerprint density at radius 1 is 1.13 bits per heavy atom. The van der Waals surface area contributed by atoms with Gasteiger partial charge in [0, 0.05) is 34.8 Å². The van der Waals surface area contributed by atoms with Crippen LogP contribution < -0.4 is 10.9 Å². The van der Waals surface area contributed by atoms with Gasteiger partial charge in [-0.2, -0.15) is 0 Å². The van der Waals surface area contributed by atoms with E-state index < -0.39 is 23.5 Å². The van der Waals surface area contributed by atoms with Crippen LogP contribution in [0.15, 0.2) is 63.8 Å². The minimum Gasteiger partial charge on any atom is -0.458 e. The molecule has 1 N–H and O–H groups in total. The van der Waals surface area contributed by atoms with E-state index in [-0.39, 0.29) is 18.8 Å². The van der Waals surface area contributed by atoms with Crippen LogP contribution in [-0.4, -0.2) is 18.7 Å². The summed E-state index contributed by atoms with van der Waals surface area (Å²) in [6.45, 7) is 1.73. The van der Waals surface area contributed by atoms with Crippen molar-refractivity contribution in [1.29, 1.82) is 0 Å². The van der Waals surface area contributed by atoms with Gasteiger partial charge in [0.15, 0.2) is 0 Å². The number of hydrogen-bond acceptors (Lipinski definition) is 6. The Hall–Kier alpha value is -3.94. The fourth-order valence-electron chi connectivity index (χ4n) is 2.68. The van der Waals surface area contributed by atoms with Crippen LogP contribution in [0.4, 0.5) is 14.9 Å². The van der Waals surface area contributed by atoms with Crippen molar-refractivity contribution in [3.63, 3.8) is 0 Å². The summed E-state index contributed by atoms with van der Waals surface area (Å²) in [5.41, 5.74) is 0.933. The molecule has 0 saturated carbocycles. The number of halogens is 1. The summed E-state index contributed by atoms with van der Waals surface area (Å²) < 4.78 is 28.3. The van der Waals surface area contributed by atoms with Crippen LogP contribution in [-0.2, 0) is 20.9 Å². The molecule has 0 radical (unpaired) electrons. The first-order valence-corrected chi connectivity index (χ1v) is 9.05. The zero-order chi connectivity index (χ0) is 21.5. The lowest BCUT2D eigenvalue weighted by Gasteiger charge is -2.08. The second-order valence-corrected chi connectivity index (χ2v) is 6.14. The predicted molar refractivity (Wildman–Crippen MR) is 108 cm³/mol. The summed E-state index contributed by atoms with van der Waals surface area (Å²) in [5.74, 6) is -1.06. The average Bonchev–Trinajstić information content (AvgIpc) is 2.70. The Bertz CT molecular complexity index is 1170. The van der Waals surface area contributed by atoms with Crippen molar-refractivity contribution < 1.29 is 27.9 Å². The molecule has 0 atom stereocenters. The highest BCUT2D eigenvalue weighted by molar-refractivity contribution is 5.90. The summed E-state index contributed by atoms with van der Waals surface area (Å²) in [5, 5.41) is 3.06. The van der Waals surface area contributed by atoms with Crippen LogP contribution in [0.1, 0.15) is 18.1 Å². The molecule has 8 heteroatoms. The van der Waals surface area contributed by atoms with E-state index in [4.69, 9.17) is 13.9 Å². The van der Waals surface area contributed by atoms with E-state index in [2.05, 4.69) is 5.32 Å². The van der Waals surface area contributed by atoms with Crippen molar-refractivity contribution >= 4 is 34.8 Å². The van der Waals surface area contributed by atoms with Crippen molar-refractivity contribution in [3.8, 4) is 0 Å². The number of ether oxygens (including phenoxy) is 2. The van der Waals surface area contributed by atoms with E-state index in [9.17, 15) is 18.8 Å². The van der Waals surface area contributed by atoms with E-state index in [1.165, 1.54) is 42.5 Å². The highest BCUT2D eigenvalue weighted by Crippen LogP contribution is 2.22. The van der Waals surface area contributed by atoms with Crippen LogP contribution in [0.2, 0.25) is 0 Å². The summed E-state index contributed by atoms with van der Waals surface area (Å²) in [7, 11) is 0. The number of carbonyl (C=O) groups is 2. The molecule has 7 nitrogen and oxygen atoms in total. The molecule has 1 heterocycles. The summed E-state index contributed by atoms with van der Waals surface area (Å²) in [6, 6.07) is 11.7. The van der Waals surface area contributed by atoms with Crippen LogP contribution in [0.25, 0.3) is 17.0 Å². The van der Waals surface area contributed by atoms with Gasteiger partial charge in [-0.1, -0.05) is 12.1 Å². The summed E-state index contributed by atoms with van der Waals surface area (Å²) in [6.07, 6.45) is 1.97. The van der Waals surface area contributed by atoms with Crippen LogP contribution in [0, 0.1) is 5.82 Å². The van der Waals surface area contributed by atoms with Gasteiger partial charge in [0.1, 0.15) is 18.0 Å². The first-order valence-electron chi connectivity index (χ1n) is 9.05. The Labute approximate surface area is 170 Å². The molecule has 0 fully saturated rings. The number of rotatable bonds is 6. The third kappa shape index (κ3) is 5.54. The molecule has 2 aromatic carbocycles.